The Morgan fingerprint density at radius 1 is 0.938 bits per heavy atom. The summed E-state index contributed by atoms with van der Waals surface area (Å²) in [6.45, 7) is 0. The van der Waals surface area contributed by atoms with Crippen LogP contribution in [0.4, 0.5) is 0 Å². The maximum Gasteiger partial charge on any atom is 0.250 e. The van der Waals surface area contributed by atoms with Gasteiger partial charge in [0.25, 0.3) is 0 Å². The van der Waals surface area contributed by atoms with Crippen molar-refractivity contribution in [2.45, 2.75) is 5.25 Å². The number of carbonyl (C=O) groups excluding carboxylic acids is 1. The maximum absolute atomic E-state index is 12.4. The number of carbonyl (C=O) groups is 1. The Morgan fingerprint density at radius 3 is 2.03 bits per heavy atom. The lowest BCUT2D eigenvalue weighted by Crippen LogP contribution is -2.20. The molecular weight excluding hydrogens is 424 g/mol. The van der Waals surface area contributed by atoms with Gasteiger partial charge >= 0.3 is 0 Å². The number of ether oxygens (including phenoxy) is 3. The molecule has 0 atom stereocenters. The van der Waals surface area contributed by atoms with Crippen LogP contribution in [0.3, 0.4) is 0 Å². The minimum atomic E-state index is -0.166. The second-order valence-corrected chi connectivity index (χ2v) is 8.21. The van der Waals surface area contributed by atoms with Crippen molar-refractivity contribution in [3.8, 4) is 28.4 Å². The fourth-order valence-electron chi connectivity index (χ4n) is 3.83. The zero-order valence-corrected chi connectivity index (χ0v) is 18.9. The van der Waals surface area contributed by atoms with Crippen LogP contribution in [0.2, 0.25) is 0 Å². The van der Waals surface area contributed by atoms with Crippen LogP contribution in [0.1, 0.15) is 21.9 Å². The van der Waals surface area contributed by atoms with Crippen molar-refractivity contribution in [2.75, 3.05) is 27.1 Å². The summed E-state index contributed by atoms with van der Waals surface area (Å²) in [5, 5.41) is 4.22. The molecule has 0 spiro atoms. The highest BCUT2D eigenvalue weighted by atomic mass is 32.2. The van der Waals surface area contributed by atoms with Crippen molar-refractivity contribution in [3.63, 3.8) is 0 Å². The molecule has 4 rings (SSSR count). The molecule has 0 bridgehead atoms. The summed E-state index contributed by atoms with van der Waals surface area (Å²) in [5.74, 6) is 1.67. The quantitative estimate of drug-likeness (QED) is 0.401. The molecule has 0 fully saturated rings. The highest BCUT2D eigenvalue weighted by Gasteiger charge is 2.28. The Kier molecular flexibility index (Phi) is 6.66. The summed E-state index contributed by atoms with van der Waals surface area (Å²) < 4.78 is 16.0. The van der Waals surface area contributed by atoms with E-state index in [-0.39, 0.29) is 11.2 Å². The minimum Gasteiger partial charge on any atom is -0.493 e. The Bertz CT molecular complexity index is 1090. The number of benzene rings is 3. The van der Waals surface area contributed by atoms with E-state index >= 15 is 0 Å². The molecule has 1 amide bonds. The van der Waals surface area contributed by atoms with Crippen molar-refractivity contribution in [1.29, 1.82) is 0 Å². The maximum atomic E-state index is 12.4. The van der Waals surface area contributed by atoms with Gasteiger partial charge in [-0.15, -0.1) is 11.8 Å². The van der Waals surface area contributed by atoms with E-state index in [2.05, 4.69) is 34.8 Å². The second-order valence-electron chi connectivity index (χ2n) is 7.12. The monoisotopic (exact) mass is 448 g/mol. The zero-order chi connectivity index (χ0) is 22.5. The van der Waals surface area contributed by atoms with Gasteiger partial charge in [0.05, 0.1) is 38.5 Å². The van der Waals surface area contributed by atoms with Gasteiger partial charge in [-0.05, 0) is 34.4 Å². The number of hydrogen-bond donors (Lipinski definition) is 1. The minimum absolute atomic E-state index is 0.132. The summed E-state index contributed by atoms with van der Waals surface area (Å²) in [5.41, 5.74) is 8.28. The molecule has 0 aliphatic heterocycles. The largest absolute Gasteiger partial charge is 0.493 e. The molecule has 164 valence electrons. The lowest BCUT2D eigenvalue weighted by Gasteiger charge is -2.13. The van der Waals surface area contributed by atoms with Gasteiger partial charge < -0.3 is 14.2 Å². The molecule has 0 saturated heterocycles. The molecular formula is C25H24N2O4S. The fraction of sp³-hybridized carbons (Fsp3) is 0.200. The number of hydrogen-bond acceptors (Lipinski definition) is 6. The molecule has 6 nitrogen and oxygen atoms in total. The summed E-state index contributed by atoms with van der Waals surface area (Å²) in [4.78, 5) is 12.4. The third-order valence-electron chi connectivity index (χ3n) is 5.25. The topological polar surface area (TPSA) is 69.2 Å². The number of fused-ring (bicyclic) bond motifs is 3. The number of amides is 1. The first-order chi connectivity index (χ1) is 15.7. The van der Waals surface area contributed by atoms with Gasteiger partial charge in [-0.25, -0.2) is 5.43 Å². The average Bonchev–Trinajstić information content (AvgIpc) is 3.15. The number of nitrogens with one attached hydrogen (secondary N) is 1. The van der Waals surface area contributed by atoms with Crippen molar-refractivity contribution in [2.24, 2.45) is 5.10 Å². The Morgan fingerprint density at radius 2 is 1.50 bits per heavy atom. The SMILES string of the molecule is COc1cc(/C=N\NC(=O)CSC2c3ccccc3-c3ccccc32)cc(OC)c1OC. The Hall–Kier alpha value is -3.45. The number of rotatable bonds is 8. The molecule has 1 aliphatic carbocycles. The number of hydrazone groups is 1. The first-order valence-electron chi connectivity index (χ1n) is 10.1. The molecule has 7 heteroatoms. The summed E-state index contributed by atoms with van der Waals surface area (Å²) in [6.07, 6.45) is 1.55. The molecule has 1 aliphatic rings. The van der Waals surface area contributed by atoms with E-state index < -0.39 is 0 Å². The molecule has 0 aromatic heterocycles. The summed E-state index contributed by atoms with van der Waals surface area (Å²) in [7, 11) is 4.65. The predicted octanol–water partition coefficient (Wildman–Crippen LogP) is 4.67. The van der Waals surface area contributed by atoms with Crippen LogP contribution >= 0.6 is 11.8 Å². The first kappa shape index (κ1) is 21.8. The standard InChI is InChI=1S/C25H24N2O4S/c1-29-21-12-16(13-22(30-2)24(21)31-3)14-26-27-23(28)15-32-25-19-10-6-4-8-17(19)18-9-5-7-11-20(18)25/h4-14,25H,15H2,1-3H3,(H,27,28)/b26-14-. The van der Waals surface area contributed by atoms with E-state index in [1.165, 1.54) is 22.3 Å². The van der Waals surface area contributed by atoms with Crippen LogP contribution in [-0.4, -0.2) is 39.2 Å². The van der Waals surface area contributed by atoms with Gasteiger partial charge in [0.2, 0.25) is 11.7 Å². The van der Waals surface area contributed by atoms with Gasteiger partial charge in [0.15, 0.2) is 11.5 Å². The highest BCUT2D eigenvalue weighted by molar-refractivity contribution is 8.00. The van der Waals surface area contributed by atoms with Crippen molar-refractivity contribution in [3.05, 3.63) is 77.4 Å². The lowest BCUT2D eigenvalue weighted by atomic mass is 10.1. The molecule has 3 aromatic carbocycles. The first-order valence-corrected chi connectivity index (χ1v) is 11.1. The average molecular weight is 449 g/mol. The normalized spacial score (nSPS) is 12.3. The van der Waals surface area contributed by atoms with Crippen molar-refractivity contribution in [1.82, 2.24) is 5.43 Å². The summed E-state index contributed by atoms with van der Waals surface area (Å²) >= 11 is 1.60. The molecule has 0 radical (unpaired) electrons. The van der Waals surface area contributed by atoms with Crippen LogP contribution < -0.4 is 19.6 Å². The molecule has 3 aromatic rings. The number of thioether (sulfide) groups is 1. The Labute approximate surface area is 191 Å². The van der Waals surface area contributed by atoms with Gasteiger partial charge in [-0.3, -0.25) is 4.79 Å². The third kappa shape index (κ3) is 4.29. The van der Waals surface area contributed by atoms with Gasteiger partial charge in [-0.2, -0.15) is 5.10 Å². The Balaban J connectivity index is 1.41. The van der Waals surface area contributed by atoms with E-state index in [4.69, 9.17) is 14.2 Å². The molecule has 0 saturated carbocycles. The van der Waals surface area contributed by atoms with Gasteiger partial charge in [0.1, 0.15) is 0 Å². The van der Waals surface area contributed by atoms with Crippen LogP contribution in [0, 0.1) is 0 Å². The zero-order valence-electron chi connectivity index (χ0n) is 18.1. The van der Waals surface area contributed by atoms with E-state index in [0.29, 0.717) is 28.6 Å². The van der Waals surface area contributed by atoms with Crippen molar-refractivity contribution >= 4 is 23.9 Å². The van der Waals surface area contributed by atoms with Crippen LogP contribution in [0.15, 0.2) is 65.8 Å². The molecule has 32 heavy (non-hydrogen) atoms. The van der Waals surface area contributed by atoms with Crippen LogP contribution in [0.5, 0.6) is 17.2 Å². The van der Waals surface area contributed by atoms with Crippen LogP contribution in [-0.2, 0) is 4.79 Å². The van der Waals surface area contributed by atoms with Gasteiger partial charge in [-0.1, -0.05) is 48.5 Å². The highest BCUT2D eigenvalue weighted by Crippen LogP contribution is 2.49. The van der Waals surface area contributed by atoms with Crippen LogP contribution in [0.25, 0.3) is 11.1 Å². The second kappa shape index (κ2) is 9.78. The van der Waals surface area contributed by atoms with E-state index in [9.17, 15) is 4.79 Å². The van der Waals surface area contributed by atoms with Crippen molar-refractivity contribution < 1.29 is 19.0 Å². The molecule has 1 N–H and O–H groups in total. The number of methoxy groups -OCH3 is 3. The third-order valence-corrected chi connectivity index (χ3v) is 6.52. The molecule has 0 unspecified atom stereocenters. The van der Waals surface area contributed by atoms with E-state index in [1.807, 2.05) is 24.3 Å². The molecule has 0 heterocycles. The number of nitrogens with zero attached hydrogens (tertiary/aromatic N) is 1. The van der Waals surface area contributed by atoms with E-state index in [1.54, 1.807) is 51.4 Å². The lowest BCUT2D eigenvalue weighted by molar-refractivity contribution is -0.118. The smallest absolute Gasteiger partial charge is 0.250 e. The fourth-order valence-corrected chi connectivity index (χ4v) is 4.99. The van der Waals surface area contributed by atoms with E-state index in [0.717, 1.165) is 0 Å². The summed E-state index contributed by atoms with van der Waals surface area (Å²) in [6, 6.07) is 20.2. The van der Waals surface area contributed by atoms with Gasteiger partial charge in [0, 0.05) is 5.56 Å². The predicted molar refractivity (Wildman–Crippen MR) is 128 cm³/mol.